The summed E-state index contributed by atoms with van der Waals surface area (Å²) in [6.45, 7) is 4.48. The lowest BCUT2D eigenvalue weighted by molar-refractivity contribution is -0.139. The highest BCUT2D eigenvalue weighted by atomic mass is 32.2. The zero-order valence-corrected chi connectivity index (χ0v) is 14.5. The van der Waals surface area contributed by atoms with Crippen molar-refractivity contribution in [2.75, 3.05) is 20.2 Å². The Morgan fingerprint density at radius 3 is 2.55 bits per heavy atom. The van der Waals surface area contributed by atoms with Gasteiger partial charge in [0.05, 0.1) is 18.4 Å². The highest BCUT2D eigenvalue weighted by Gasteiger charge is 2.22. The first-order chi connectivity index (χ1) is 10.4. The molecule has 1 aromatic carbocycles. The fraction of sp³-hybridized carbons (Fsp3) is 0.400. The van der Waals surface area contributed by atoms with Crippen molar-refractivity contribution in [3.63, 3.8) is 0 Å². The van der Waals surface area contributed by atoms with Gasteiger partial charge in [-0.15, -0.1) is 11.3 Å². The Hall–Kier alpha value is -1.44. The molecule has 0 saturated carbocycles. The molecule has 0 unspecified atom stereocenters. The smallest absolute Gasteiger partial charge is 0.310 e. The third-order valence-electron chi connectivity index (χ3n) is 3.53. The highest BCUT2D eigenvalue weighted by Crippen LogP contribution is 2.30. The Morgan fingerprint density at radius 1 is 1.27 bits per heavy atom. The van der Waals surface area contributed by atoms with Crippen LogP contribution >= 0.6 is 11.3 Å². The van der Waals surface area contributed by atoms with Crippen molar-refractivity contribution in [1.82, 2.24) is 4.31 Å². The first-order valence-corrected chi connectivity index (χ1v) is 9.33. The average molecular weight is 341 g/mol. The Labute approximate surface area is 134 Å². The number of methoxy groups -OCH3 is 1. The molecule has 2 rings (SSSR count). The number of rotatable bonds is 6. The molecule has 0 N–H and O–H groups in total. The van der Waals surface area contributed by atoms with Gasteiger partial charge in [0.15, 0.2) is 0 Å². The van der Waals surface area contributed by atoms with Crippen molar-refractivity contribution in [3.8, 4) is 0 Å². The second-order valence-electron chi connectivity index (χ2n) is 4.76. The summed E-state index contributed by atoms with van der Waals surface area (Å²) in [5.41, 5.74) is 0.795. The van der Waals surface area contributed by atoms with Crippen LogP contribution in [0, 0.1) is 0 Å². The largest absolute Gasteiger partial charge is 0.469 e. The molecule has 0 aliphatic carbocycles. The van der Waals surface area contributed by atoms with E-state index in [-0.39, 0.29) is 17.3 Å². The van der Waals surface area contributed by atoms with E-state index < -0.39 is 10.0 Å². The van der Waals surface area contributed by atoms with Crippen LogP contribution in [-0.2, 0) is 26.0 Å². The van der Waals surface area contributed by atoms with E-state index in [0.29, 0.717) is 13.1 Å². The Morgan fingerprint density at radius 2 is 1.95 bits per heavy atom. The number of benzene rings is 1. The van der Waals surface area contributed by atoms with Crippen LogP contribution < -0.4 is 0 Å². The quantitative estimate of drug-likeness (QED) is 0.758. The van der Waals surface area contributed by atoms with E-state index >= 15 is 0 Å². The van der Waals surface area contributed by atoms with Crippen LogP contribution in [0.5, 0.6) is 0 Å². The number of nitrogens with zero attached hydrogens (tertiary/aromatic N) is 1. The number of fused-ring (bicyclic) bond motifs is 1. The molecule has 1 heterocycles. The summed E-state index contributed by atoms with van der Waals surface area (Å²) < 4.78 is 32.2. The Bertz CT molecular complexity index is 776. The van der Waals surface area contributed by atoms with E-state index in [1.54, 1.807) is 18.2 Å². The first-order valence-electron chi connectivity index (χ1n) is 7.01. The van der Waals surface area contributed by atoms with Crippen LogP contribution in [0.4, 0.5) is 0 Å². The monoisotopic (exact) mass is 341 g/mol. The number of carbonyl (C=O) groups excluding carboxylic acids is 1. The van der Waals surface area contributed by atoms with Crippen molar-refractivity contribution < 1.29 is 17.9 Å². The normalized spacial score (nSPS) is 12.0. The van der Waals surface area contributed by atoms with Crippen LogP contribution in [-0.4, -0.2) is 38.9 Å². The van der Waals surface area contributed by atoms with E-state index in [9.17, 15) is 13.2 Å². The van der Waals surface area contributed by atoms with Crippen LogP contribution in [0.1, 0.15) is 19.4 Å². The fourth-order valence-electron chi connectivity index (χ4n) is 2.30. The summed E-state index contributed by atoms with van der Waals surface area (Å²) in [6.07, 6.45) is 0.144. The van der Waals surface area contributed by atoms with Crippen LogP contribution in [0.2, 0.25) is 0 Å². The van der Waals surface area contributed by atoms with Gasteiger partial charge >= 0.3 is 5.97 Å². The molecule has 120 valence electrons. The molecule has 0 amide bonds. The number of sulfonamides is 1. The lowest BCUT2D eigenvalue weighted by Gasteiger charge is -2.18. The van der Waals surface area contributed by atoms with Crippen molar-refractivity contribution in [1.29, 1.82) is 0 Å². The van der Waals surface area contributed by atoms with Gasteiger partial charge in [0, 0.05) is 17.8 Å². The van der Waals surface area contributed by atoms with Crippen molar-refractivity contribution >= 4 is 37.4 Å². The first kappa shape index (κ1) is 16.9. The van der Waals surface area contributed by atoms with Gasteiger partial charge < -0.3 is 4.74 Å². The number of hydrogen-bond donors (Lipinski definition) is 0. The highest BCUT2D eigenvalue weighted by molar-refractivity contribution is 7.89. The molecule has 0 radical (unpaired) electrons. The van der Waals surface area contributed by atoms with E-state index in [1.807, 2.05) is 19.2 Å². The minimum Gasteiger partial charge on any atom is -0.469 e. The third kappa shape index (κ3) is 3.16. The second kappa shape index (κ2) is 6.76. The summed E-state index contributed by atoms with van der Waals surface area (Å²) in [5, 5.41) is 2.67. The zero-order chi connectivity index (χ0) is 16.3. The maximum Gasteiger partial charge on any atom is 0.310 e. The molecular formula is C15H19NO4S2. The van der Waals surface area contributed by atoms with Crippen molar-refractivity contribution in [2.45, 2.75) is 25.2 Å². The van der Waals surface area contributed by atoms with E-state index in [0.717, 1.165) is 15.6 Å². The fourth-order valence-corrected chi connectivity index (χ4v) is 4.73. The van der Waals surface area contributed by atoms with Gasteiger partial charge in [-0.3, -0.25) is 4.79 Å². The van der Waals surface area contributed by atoms with Gasteiger partial charge in [-0.05, 0) is 34.5 Å². The van der Waals surface area contributed by atoms with Crippen LogP contribution in [0.3, 0.4) is 0 Å². The molecule has 0 saturated heterocycles. The Balaban J connectivity index is 2.49. The van der Waals surface area contributed by atoms with Crippen molar-refractivity contribution in [3.05, 3.63) is 29.1 Å². The predicted molar refractivity (Wildman–Crippen MR) is 87.7 cm³/mol. The van der Waals surface area contributed by atoms with Crippen molar-refractivity contribution in [2.24, 2.45) is 0 Å². The lowest BCUT2D eigenvalue weighted by atomic mass is 10.1. The molecule has 0 aliphatic rings. The minimum absolute atomic E-state index is 0.144. The van der Waals surface area contributed by atoms with Gasteiger partial charge in [0.1, 0.15) is 0 Å². The standard InChI is InChI=1S/C15H19NO4S2/c1-4-16(5-2)22(18,19)12-6-7-14-13(9-12)11(10-21-14)8-15(17)20-3/h6-7,9-10H,4-5,8H2,1-3H3. The molecule has 0 atom stereocenters. The second-order valence-corrected chi connectivity index (χ2v) is 7.61. The van der Waals surface area contributed by atoms with Gasteiger partial charge in [0.25, 0.3) is 0 Å². The maximum atomic E-state index is 12.6. The lowest BCUT2D eigenvalue weighted by Crippen LogP contribution is -2.30. The molecule has 5 nitrogen and oxygen atoms in total. The third-order valence-corrected chi connectivity index (χ3v) is 6.59. The zero-order valence-electron chi connectivity index (χ0n) is 12.8. The molecule has 0 spiro atoms. The van der Waals surface area contributed by atoms with E-state index in [1.165, 1.54) is 22.8 Å². The van der Waals surface area contributed by atoms with Gasteiger partial charge in [-0.25, -0.2) is 8.42 Å². The number of esters is 1. The summed E-state index contributed by atoms with van der Waals surface area (Å²) in [4.78, 5) is 11.7. The van der Waals surface area contributed by atoms with E-state index in [4.69, 9.17) is 0 Å². The summed E-state index contributed by atoms with van der Waals surface area (Å²) in [5.74, 6) is -0.336. The predicted octanol–water partition coefficient (Wildman–Crippen LogP) is 2.65. The molecule has 0 bridgehead atoms. The van der Waals surface area contributed by atoms with Gasteiger partial charge in [0.2, 0.25) is 10.0 Å². The maximum absolute atomic E-state index is 12.6. The number of carbonyl (C=O) groups is 1. The molecule has 22 heavy (non-hydrogen) atoms. The number of hydrogen-bond acceptors (Lipinski definition) is 5. The van der Waals surface area contributed by atoms with Gasteiger partial charge in [-0.2, -0.15) is 4.31 Å². The summed E-state index contributed by atoms with van der Waals surface area (Å²) in [7, 11) is -2.16. The molecule has 1 aromatic heterocycles. The molecular weight excluding hydrogens is 322 g/mol. The minimum atomic E-state index is -3.50. The molecule has 0 fully saturated rings. The van der Waals surface area contributed by atoms with Crippen LogP contribution in [0.15, 0.2) is 28.5 Å². The summed E-state index contributed by atoms with van der Waals surface area (Å²) in [6, 6.07) is 5.06. The topological polar surface area (TPSA) is 63.7 Å². The summed E-state index contributed by atoms with van der Waals surface area (Å²) >= 11 is 1.49. The van der Waals surface area contributed by atoms with E-state index in [2.05, 4.69) is 4.74 Å². The van der Waals surface area contributed by atoms with Crippen LogP contribution in [0.25, 0.3) is 10.1 Å². The Kier molecular flexibility index (Phi) is 5.20. The number of ether oxygens (including phenoxy) is 1. The SMILES string of the molecule is CCN(CC)S(=O)(=O)c1ccc2scc(CC(=O)OC)c2c1. The van der Waals surface area contributed by atoms with Gasteiger partial charge in [-0.1, -0.05) is 13.8 Å². The molecule has 2 aromatic rings. The average Bonchev–Trinajstić information content (AvgIpc) is 2.90. The molecule has 7 heteroatoms. The molecule has 0 aliphatic heterocycles. The number of thiophene rings is 1.